The topological polar surface area (TPSA) is 46.2 Å². The molecule has 52 heavy (non-hydrogen) atoms. The highest BCUT2D eigenvalue weighted by atomic mass is 16.6. The molecular formula is C47H56O5. The number of hydrogen-bond donors (Lipinski definition) is 0. The summed E-state index contributed by atoms with van der Waals surface area (Å²) >= 11 is 0. The number of benzene rings is 4. The minimum atomic E-state index is -0.549. The molecule has 0 amide bonds. The third kappa shape index (κ3) is 13.7. The van der Waals surface area contributed by atoms with E-state index >= 15 is 0 Å². The van der Waals surface area contributed by atoms with Crippen LogP contribution >= 0.6 is 0 Å². The summed E-state index contributed by atoms with van der Waals surface area (Å²) < 4.78 is 33.4. The van der Waals surface area contributed by atoms with E-state index in [1.165, 1.54) is 44.9 Å². The van der Waals surface area contributed by atoms with Gasteiger partial charge in [-0.1, -0.05) is 185 Å². The standard InChI is InChI=1S/C47H56O5/c1-2-3-4-5-6-7-8-9-10-11-24-33-43-45(49-35-40-27-18-13-19-28-40)47(51-37-42-31-22-15-23-32-42)46(50-36-41-29-20-14-21-30-41)44(52-43)38-48-34-39-25-16-12-17-26-39/h12-23,25-33,44-47H,2-10,34-38H2,1H3/b43-33-/t44-,45-,46-,47-/m1/s1. The van der Waals surface area contributed by atoms with Crippen molar-refractivity contribution in [3.8, 4) is 11.8 Å². The van der Waals surface area contributed by atoms with Gasteiger partial charge in [0.25, 0.3) is 0 Å². The fourth-order valence-electron chi connectivity index (χ4n) is 6.36. The molecule has 274 valence electrons. The van der Waals surface area contributed by atoms with Crippen molar-refractivity contribution in [1.29, 1.82) is 0 Å². The number of rotatable bonds is 21. The molecule has 4 atom stereocenters. The Balaban J connectivity index is 1.38. The third-order valence-electron chi connectivity index (χ3n) is 9.26. The van der Waals surface area contributed by atoms with Crippen LogP contribution in [-0.2, 0) is 50.1 Å². The average molecular weight is 701 g/mol. The lowest BCUT2D eigenvalue weighted by molar-refractivity contribution is -0.223. The van der Waals surface area contributed by atoms with E-state index in [1.54, 1.807) is 0 Å². The molecule has 4 aromatic rings. The lowest BCUT2D eigenvalue weighted by Gasteiger charge is -2.43. The fraction of sp³-hybridized carbons (Fsp3) is 0.404. The molecule has 1 aliphatic rings. The summed E-state index contributed by atoms with van der Waals surface area (Å²) in [7, 11) is 0. The molecule has 5 rings (SSSR count). The third-order valence-corrected chi connectivity index (χ3v) is 9.26. The molecule has 5 nitrogen and oxygen atoms in total. The highest BCUT2D eigenvalue weighted by Gasteiger charge is 2.46. The molecule has 1 heterocycles. The Morgan fingerprint density at radius 3 is 1.54 bits per heavy atom. The number of unbranched alkanes of at least 4 members (excludes halogenated alkanes) is 8. The van der Waals surface area contributed by atoms with Gasteiger partial charge in [-0.05, 0) is 28.7 Å². The van der Waals surface area contributed by atoms with Gasteiger partial charge in [-0.15, -0.1) is 0 Å². The predicted octanol–water partition coefficient (Wildman–Crippen LogP) is 10.8. The van der Waals surface area contributed by atoms with E-state index in [0.29, 0.717) is 38.8 Å². The first kappa shape index (κ1) is 39.0. The SMILES string of the molecule is CCCCCCCCCCC#C/C=C1\O[C@H](COCc2ccccc2)[C@@H](OCc2ccccc2)[C@H](OCc2ccccc2)[C@@H]1OCc1ccccc1. The van der Waals surface area contributed by atoms with Crippen LogP contribution in [0.25, 0.3) is 0 Å². The summed E-state index contributed by atoms with van der Waals surface area (Å²) in [6.07, 6.45) is 11.0. The summed E-state index contributed by atoms with van der Waals surface area (Å²) in [5.74, 6) is 7.34. The Hall–Kier alpha value is -4.18. The van der Waals surface area contributed by atoms with Gasteiger partial charge in [-0.3, -0.25) is 0 Å². The maximum Gasteiger partial charge on any atom is 0.150 e. The minimum absolute atomic E-state index is 0.313. The van der Waals surface area contributed by atoms with E-state index in [0.717, 1.165) is 35.1 Å². The number of allylic oxidation sites excluding steroid dienone is 1. The van der Waals surface area contributed by atoms with Crippen LogP contribution in [0.1, 0.15) is 87.0 Å². The zero-order valence-electron chi connectivity index (χ0n) is 30.9. The second-order valence-corrected chi connectivity index (χ2v) is 13.5. The van der Waals surface area contributed by atoms with Crippen molar-refractivity contribution in [2.24, 2.45) is 0 Å². The predicted molar refractivity (Wildman–Crippen MR) is 209 cm³/mol. The van der Waals surface area contributed by atoms with E-state index < -0.39 is 24.4 Å². The second kappa shape index (κ2) is 23.4. The van der Waals surface area contributed by atoms with Gasteiger partial charge in [-0.2, -0.15) is 0 Å². The quantitative estimate of drug-likeness (QED) is 0.0640. The van der Waals surface area contributed by atoms with Crippen LogP contribution < -0.4 is 0 Å². The van der Waals surface area contributed by atoms with Crippen LogP contribution in [-0.4, -0.2) is 31.0 Å². The molecule has 4 aromatic carbocycles. The summed E-state index contributed by atoms with van der Waals surface area (Å²) in [6.45, 7) is 4.24. The van der Waals surface area contributed by atoms with Gasteiger partial charge in [0.15, 0.2) is 6.10 Å². The van der Waals surface area contributed by atoms with Gasteiger partial charge in [0.1, 0.15) is 24.1 Å². The summed E-state index contributed by atoms with van der Waals surface area (Å²) in [6, 6.07) is 40.8. The molecule has 1 aliphatic heterocycles. The Morgan fingerprint density at radius 2 is 1.00 bits per heavy atom. The van der Waals surface area contributed by atoms with E-state index in [1.807, 2.05) is 78.9 Å². The number of hydrogen-bond acceptors (Lipinski definition) is 5. The molecule has 0 unspecified atom stereocenters. The van der Waals surface area contributed by atoms with E-state index in [9.17, 15) is 0 Å². The first-order valence-electron chi connectivity index (χ1n) is 19.2. The summed E-state index contributed by atoms with van der Waals surface area (Å²) in [5.41, 5.74) is 4.32. The summed E-state index contributed by atoms with van der Waals surface area (Å²) in [4.78, 5) is 0. The van der Waals surface area contributed by atoms with Crippen LogP contribution in [0, 0.1) is 11.8 Å². The van der Waals surface area contributed by atoms with Crippen molar-refractivity contribution in [2.45, 2.75) is 116 Å². The molecule has 0 aromatic heterocycles. The van der Waals surface area contributed by atoms with Crippen LogP contribution in [0.15, 0.2) is 133 Å². The molecule has 5 heteroatoms. The Kier molecular flexibility index (Phi) is 17.6. The van der Waals surface area contributed by atoms with E-state index in [4.69, 9.17) is 23.7 Å². The van der Waals surface area contributed by atoms with Gasteiger partial charge in [0.2, 0.25) is 0 Å². The van der Waals surface area contributed by atoms with Crippen LogP contribution in [0.3, 0.4) is 0 Å². The van der Waals surface area contributed by atoms with Gasteiger partial charge < -0.3 is 23.7 Å². The lowest BCUT2D eigenvalue weighted by atomic mass is 9.96. The largest absolute Gasteiger partial charge is 0.486 e. The van der Waals surface area contributed by atoms with Gasteiger partial charge in [0.05, 0.1) is 33.0 Å². The minimum Gasteiger partial charge on any atom is -0.486 e. The molecule has 0 bridgehead atoms. The van der Waals surface area contributed by atoms with Crippen molar-refractivity contribution in [3.63, 3.8) is 0 Å². The molecule has 0 radical (unpaired) electrons. The van der Waals surface area contributed by atoms with Crippen LogP contribution in [0.4, 0.5) is 0 Å². The van der Waals surface area contributed by atoms with Crippen molar-refractivity contribution < 1.29 is 23.7 Å². The lowest BCUT2D eigenvalue weighted by Crippen LogP contribution is -2.56. The van der Waals surface area contributed by atoms with Gasteiger partial charge in [0, 0.05) is 12.5 Å². The smallest absolute Gasteiger partial charge is 0.150 e. The van der Waals surface area contributed by atoms with Crippen molar-refractivity contribution >= 4 is 0 Å². The van der Waals surface area contributed by atoms with Crippen molar-refractivity contribution in [2.75, 3.05) is 6.61 Å². The fourth-order valence-corrected chi connectivity index (χ4v) is 6.36. The van der Waals surface area contributed by atoms with Gasteiger partial charge >= 0.3 is 0 Å². The zero-order chi connectivity index (χ0) is 35.9. The monoisotopic (exact) mass is 700 g/mol. The number of ether oxygens (including phenoxy) is 5. The molecule has 0 N–H and O–H groups in total. The first-order valence-corrected chi connectivity index (χ1v) is 19.2. The molecule has 1 saturated heterocycles. The average Bonchev–Trinajstić information content (AvgIpc) is 3.19. The van der Waals surface area contributed by atoms with Gasteiger partial charge in [-0.25, -0.2) is 0 Å². The molecule has 0 spiro atoms. The second-order valence-electron chi connectivity index (χ2n) is 13.5. The maximum atomic E-state index is 6.83. The van der Waals surface area contributed by atoms with Crippen molar-refractivity contribution in [1.82, 2.24) is 0 Å². The highest BCUT2D eigenvalue weighted by Crippen LogP contribution is 2.33. The molecular weight excluding hydrogens is 645 g/mol. The zero-order valence-corrected chi connectivity index (χ0v) is 30.9. The highest BCUT2D eigenvalue weighted by molar-refractivity contribution is 5.25. The van der Waals surface area contributed by atoms with Crippen LogP contribution in [0.5, 0.6) is 0 Å². The first-order chi connectivity index (χ1) is 25.8. The van der Waals surface area contributed by atoms with E-state index in [-0.39, 0.29) is 0 Å². The Morgan fingerprint density at radius 1 is 0.538 bits per heavy atom. The Labute approximate surface area is 312 Å². The Bertz CT molecular complexity index is 1600. The van der Waals surface area contributed by atoms with Crippen LogP contribution in [0.2, 0.25) is 0 Å². The molecule has 1 fully saturated rings. The normalized spacial score (nSPS) is 19.1. The van der Waals surface area contributed by atoms with Crippen molar-refractivity contribution in [3.05, 3.63) is 155 Å². The van der Waals surface area contributed by atoms with E-state index in [2.05, 4.69) is 67.3 Å². The molecule has 0 saturated carbocycles. The maximum absolute atomic E-state index is 6.83. The summed E-state index contributed by atoms with van der Waals surface area (Å²) in [5, 5.41) is 0. The molecule has 0 aliphatic carbocycles.